The molecule has 1 heterocycles. The van der Waals surface area contributed by atoms with Crippen molar-refractivity contribution in [2.75, 3.05) is 25.7 Å². The summed E-state index contributed by atoms with van der Waals surface area (Å²) in [5, 5.41) is 9.45. The molecule has 6 heteroatoms. The summed E-state index contributed by atoms with van der Waals surface area (Å²) in [6.07, 6.45) is 1.48. The van der Waals surface area contributed by atoms with Crippen LogP contribution in [0.15, 0.2) is 6.20 Å². The van der Waals surface area contributed by atoms with Crippen molar-refractivity contribution in [3.63, 3.8) is 0 Å². The van der Waals surface area contributed by atoms with Crippen molar-refractivity contribution in [1.29, 1.82) is 0 Å². The fourth-order valence-electron chi connectivity index (χ4n) is 1.02. The lowest BCUT2D eigenvalue weighted by Gasteiger charge is -2.24. The quantitative estimate of drug-likeness (QED) is 0.837. The lowest BCUT2D eigenvalue weighted by Crippen LogP contribution is -2.32. The van der Waals surface area contributed by atoms with Gasteiger partial charge in [-0.15, -0.1) is 0 Å². The van der Waals surface area contributed by atoms with E-state index in [9.17, 15) is 0 Å². The summed E-state index contributed by atoms with van der Waals surface area (Å²) >= 11 is 5.95. The van der Waals surface area contributed by atoms with Gasteiger partial charge in [0.15, 0.2) is 5.82 Å². The minimum atomic E-state index is -0.0675. The second-order valence-corrected chi connectivity index (χ2v) is 3.58. The van der Waals surface area contributed by atoms with Crippen LogP contribution in [-0.4, -0.2) is 41.9 Å². The highest BCUT2D eigenvalue weighted by molar-refractivity contribution is 6.32. The van der Waals surface area contributed by atoms with Gasteiger partial charge in [-0.2, -0.15) is 4.98 Å². The van der Waals surface area contributed by atoms with Gasteiger partial charge in [0.05, 0.1) is 26.0 Å². The van der Waals surface area contributed by atoms with Crippen LogP contribution in [0.5, 0.6) is 6.01 Å². The molecule has 0 aromatic carbocycles. The van der Waals surface area contributed by atoms with Crippen molar-refractivity contribution in [3.05, 3.63) is 11.2 Å². The molecule has 0 saturated carbocycles. The Hall–Kier alpha value is -1.07. The predicted molar refractivity (Wildman–Crippen MR) is 58.5 cm³/mol. The molecule has 0 amide bonds. The van der Waals surface area contributed by atoms with Crippen molar-refractivity contribution in [3.8, 4) is 6.01 Å². The van der Waals surface area contributed by atoms with Gasteiger partial charge in [0.2, 0.25) is 0 Å². The molecule has 0 aliphatic rings. The number of methoxy groups -OCH3 is 1. The number of nitrogens with zero attached hydrogens (tertiary/aromatic N) is 3. The number of hydrogen-bond donors (Lipinski definition) is 1. The molecule has 1 unspecified atom stereocenters. The molecular weight excluding hydrogens is 218 g/mol. The van der Waals surface area contributed by atoms with Crippen LogP contribution in [0.3, 0.4) is 0 Å². The van der Waals surface area contributed by atoms with Gasteiger partial charge in [0, 0.05) is 7.05 Å². The Bertz CT molecular complexity index is 335. The molecule has 1 N–H and O–H groups in total. The van der Waals surface area contributed by atoms with Gasteiger partial charge in [-0.3, -0.25) is 0 Å². The van der Waals surface area contributed by atoms with Gasteiger partial charge >= 0.3 is 6.01 Å². The maximum absolute atomic E-state index is 9.02. The standard InChI is InChI=1S/C9H14ClN3O2/c1-6(5-14)13(2)8-7(10)4-11-9(12-8)15-3/h4,6,14H,5H2,1-3H3. The number of rotatable bonds is 4. The van der Waals surface area contributed by atoms with E-state index in [1.165, 1.54) is 13.3 Å². The highest BCUT2D eigenvalue weighted by Crippen LogP contribution is 2.24. The minimum Gasteiger partial charge on any atom is -0.467 e. The number of anilines is 1. The van der Waals surface area contributed by atoms with Crippen LogP contribution in [0.4, 0.5) is 5.82 Å². The summed E-state index contributed by atoms with van der Waals surface area (Å²) in [7, 11) is 3.29. The summed E-state index contributed by atoms with van der Waals surface area (Å²) in [4.78, 5) is 9.75. The normalized spacial score (nSPS) is 12.3. The Balaban J connectivity index is 3.01. The third-order valence-corrected chi connectivity index (χ3v) is 2.41. The fraction of sp³-hybridized carbons (Fsp3) is 0.556. The predicted octanol–water partition coefficient (Wildman–Crippen LogP) is 0.956. The Labute approximate surface area is 93.7 Å². The second-order valence-electron chi connectivity index (χ2n) is 3.17. The van der Waals surface area contributed by atoms with E-state index in [4.69, 9.17) is 21.4 Å². The molecule has 0 aliphatic carbocycles. The summed E-state index contributed by atoms with van der Waals surface area (Å²) in [6, 6.07) is 0.188. The molecule has 1 aromatic heterocycles. The maximum Gasteiger partial charge on any atom is 0.318 e. The molecule has 0 bridgehead atoms. The number of hydrogen-bond acceptors (Lipinski definition) is 5. The number of aliphatic hydroxyl groups excluding tert-OH is 1. The average Bonchev–Trinajstić information content (AvgIpc) is 2.27. The van der Waals surface area contributed by atoms with E-state index < -0.39 is 0 Å². The Morgan fingerprint density at radius 2 is 2.33 bits per heavy atom. The van der Waals surface area contributed by atoms with Crippen LogP contribution in [0.2, 0.25) is 5.02 Å². The number of aromatic nitrogens is 2. The molecule has 0 fully saturated rings. The molecule has 84 valence electrons. The number of likely N-dealkylation sites (N-methyl/N-ethyl adjacent to an activating group) is 1. The number of halogens is 1. The third-order valence-electron chi connectivity index (χ3n) is 2.15. The Kier molecular flexibility index (Phi) is 4.11. The molecule has 0 aliphatic heterocycles. The molecule has 5 nitrogen and oxygen atoms in total. The summed E-state index contributed by atoms with van der Waals surface area (Å²) < 4.78 is 4.90. The van der Waals surface area contributed by atoms with Crippen LogP contribution in [0.25, 0.3) is 0 Å². The Morgan fingerprint density at radius 1 is 1.67 bits per heavy atom. The molecule has 0 spiro atoms. The van der Waals surface area contributed by atoms with Crippen molar-refractivity contribution < 1.29 is 9.84 Å². The molecule has 1 rings (SSSR count). The van der Waals surface area contributed by atoms with E-state index in [2.05, 4.69) is 9.97 Å². The lowest BCUT2D eigenvalue weighted by molar-refractivity contribution is 0.269. The fourth-order valence-corrected chi connectivity index (χ4v) is 1.24. The molecule has 1 aromatic rings. The van der Waals surface area contributed by atoms with Crippen molar-refractivity contribution in [1.82, 2.24) is 9.97 Å². The monoisotopic (exact) mass is 231 g/mol. The minimum absolute atomic E-state index is 0.0269. The van der Waals surface area contributed by atoms with E-state index >= 15 is 0 Å². The van der Waals surface area contributed by atoms with Gasteiger partial charge in [0.25, 0.3) is 0 Å². The van der Waals surface area contributed by atoms with Crippen molar-refractivity contribution in [2.45, 2.75) is 13.0 Å². The first-order chi connectivity index (χ1) is 7.10. The van der Waals surface area contributed by atoms with E-state index in [1.807, 2.05) is 6.92 Å². The Morgan fingerprint density at radius 3 is 2.87 bits per heavy atom. The third kappa shape index (κ3) is 2.70. The van der Waals surface area contributed by atoms with Gasteiger partial charge in [-0.25, -0.2) is 4.98 Å². The molecule has 1 atom stereocenters. The average molecular weight is 232 g/mol. The topological polar surface area (TPSA) is 58.5 Å². The molecule has 15 heavy (non-hydrogen) atoms. The number of aliphatic hydroxyl groups is 1. The molecular formula is C9H14ClN3O2. The lowest BCUT2D eigenvalue weighted by atomic mass is 10.3. The maximum atomic E-state index is 9.02. The van der Waals surface area contributed by atoms with Crippen LogP contribution in [0, 0.1) is 0 Å². The van der Waals surface area contributed by atoms with E-state index in [0.717, 1.165) is 0 Å². The van der Waals surface area contributed by atoms with Gasteiger partial charge in [-0.1, -0.05) is 11.6 Å². The smallest absolute Gasteiger partial charge is 0.318 e. The zero-order chi connectivity index (χ0) is 11.4. The van der Waals surface area contributed by atoms with Crippen LogP contribution >= 0.6 is 11.6 Å². The highest BCUT2D eigenvalue weighted by atomic mass is 35.5. The first kappa shape index (κ1) is 12.0. The zero-order valence-corrected chi connectivity index (χ0v) is 9.69. The first-order valence-electron chi connectivity index (χ1n) is 4.50. The zero-order valence-electron chi connectivity index (χ0n) is 8.94. The summed E-state index contributed by atoms with van der Waals surface area (Å²) in [6.45, 7) is 1.89. The van der Waals surface area contributed by atoms with Crippen LogP contribution < -0.4 is 9.64 Å². The number of ether oxygens (including phenoxy) is 1. The van der Waals surface area contributed by atoms with Crippen molar-refractivity contribution >= 4 is 17.4 Å². The van der Waals surface area contributed by atoms with Crippen molar-refractivity contribution in [2.24, 2.45) is 0 Å². The van der Waals surface area contributed by atoms with Crippen LogP contribution in [0.1, 0.15) is 6.92 Å². The summed E-state index contributed by atoms with van der Waals surface area (Å²) in [5.41, 5.74) is 0. The first-order valence-corrected chi connectivity index (χ1v) is 4.88. The second kappa shape index (κ2) is 5.14. The van der Waals surface area contributed by atoms with Gasteiger partial charge < -0.3 is 14.7 Å². The van der Waals surface area contributed by atoms with Crippen LogP contribution in [-0.2, 0) is 0 Å². The highest BCUT2D eigenvalue weighted by Gasteiger charge is 2.15. The van der Waals surface area contributed by atoms with Gasteiger partial charge in [-0.05, 0) is 6.92 Å². The van der Waals surface area contributed by atoms with E-state index in [-0.39, 0.29) is 18.7 Å². The summed E-state index contributed by atoms with van der Waals surface area (Å²) in [5.74, 6) is 0.546. The molecule has 0 saturated heterocycles. The molecule has 0 radical (unpaired) electrons. The largest absolute Gasteiger partial charge is 0.467 e. The SMILES string of the molecule is COc1ncc(Cl)c(N(C)C(C)CO)n1. The van der Waals surface area contributed by atoms with E-state index in [0.29, 0.717) is 10.8 Å². The van der Waals surface area contributed by atoms with E-state index in [1.54, 1.807) is 11.9 Å². The van der Waals surface area contributed by atoms with Gasteiger partial charge in [0.1, 0.15) is 5.02 Å².